The van der Waals surface area contributed by atoms with Gasteiger partial charge in [0.05, 0.1) is 12.8 Å². The van der Waals surface area contributed by atoms with Crippen LogP contribution in [0, 0.1) is 0 Å². The summed E-state index contributed by atoms with van der Waals surface area (Å²) in [6, 6.07) is 16.1. The lowest BCUT2D eigenvalue weighted by Crippen LogP contribution is -2.15. The van der Waals surface area contributed by atoms with Gasteiger partial charge in [-0.15, -0.1) is 0 Å². The highest BCUT2D eigenvalue weighted by Gasteiger charge is 2.18. The molecule has 0 amide bonds. The van der Waals surface area contributed by atoms with Crippen molar-refractivity contribution in [2.24, 2.45) is 5.73 Å². The van der Waals surface area contributed by atoms with E-state index in [2.05, 4.69) is 16.7 Å². The average Bonchev–Trinajstić information content (AvgIpc) is 2.86. The Hall–Kier alpha value is -1.46. The van der Waals surface area contributed by atoms with Crippen LogP contribution in [0.3, 0.4) is 0 Å². The second kappa shape index (κ2) is 6.97. The van der Waals surface area contributed by atoms with Crippen molar-refractivity contribution in [1.29, 1.82) is 0 Å². The molecule has 1 heterocycles. The summed E-state index contributed by atoms with van der Waals surface area (Å²) in [5.41, 5.74) is 10.4. The molecule has 0 fully saturated rings. The molecule has 5 heteroatoms. The second-order valence-electron chi connectivity index (χ2n) is 5.48. The van der Waals surface area contributed by atoms with Crippen LogP contribution in [-0.4, -0.2) is 21.1 Å². The third kappa shape index (κ3) is 3.26. The van der Waals surface area contributed by atoms with E-state index in [0.717, 1.165) is 27.7 Å². The van der Waals surface area contributed by atoms with E-state index in [1.807, 2.05) is 36.4 Å². The molecule has 1 aromatic heterocycles. The van der Waals surface area contributed by atoms with Crippen molar-refractivity contribution in [3.05, 3.63) is 59.2 Å². The fourth-order valence-corrected chi connectivity index (χ4v) is 3.61. The van der Waals surface area contributed by atoms with Crippen LogP contribution in [0.25, 0.3) is 22.0 Å². The molecule has 0 aliphatic rings. The lowest BCUT2D eigenvalue weighted by Gasteiger charge is -2.11. The summed E-state index contributed by atoms with van der Waals surface area (Å²) in [6.07, 6.45) is 1.72. The number of benzene rings is 2. The van der Waals surface area contributed by atoms with Gasteiger partial charge in [-0.25, -0.2) is 0 Å². The Morgan fingerprint density at radius 1 is 1.17 bits per heavy atom. The van der Waals surface area contributed by atoms with Crippen LogP contribution in [0.15, 0.2) is 48.5 Å². The quantitative estimate of drug-likeness (QED) is 0.714. The van der Waals surface area contributed by atoms with Crippen LogP contribution in [0.1, 0.15) is 5.69 Å². The first-order chi connectivity index (χ1) is 11.1. The normalized spacial score (nSPS) is 12.7. The monoisotopic (exact) mass is 346 g/mol. The molecular formula is C18H19ClN2OS. The van der Waals surface area contributed by atoms with Crippen LogP contribution in [0.2, 0.25) is 5.02 Å². The zero-order valence-corrected chi connectivity index (χ0v) is 14.5. The highest BCUT2D eigenvalue weighted by Crippen LogP contribution is 2.36. The number of halogens is 1. The summed E-state index contributed by atoms with van der Waals surface area (Å²) in [5, 5.41) is 1.79. The van der Waals surface area contributed by atoms with E-state index >= 15 is 0 Å². The van der Waals surface area contributed by atoms with Gasteiger partial charge in [-0.1, -0.05) is 53.1 Å². The molecule has 3 aromatic rings. The van der Waals surface area contributed by atoms with E-state index in [4.69, 9.17) is 17.3 Å². The van der Waals surface area contributed by atoms with Gasteiger partial charge in [0.25, 0.3) is 0 Å². The van der Waals surface area contributed by atoms with Gasteiger partial charge in [-0.3, -0.25) is 0 Å². The van der Waals surface area contributed by atoms with Crippen LogP contribution in [0.4, 0.5) is 0 Å². The van der Waals surface area contributed by atoms with Crippen LogP contribution < -0.4 is 5.73 Å². The lowest BCUT2D eigenvalue weighted by molar-refractivity contribution is 0.593. The van der Waals surface area contributed by atoms with Crippen molar-refractivity contribution >= 4 is 33.7 Å². The first-order valence-electron chi connectivity index (χ1n) is 7.48. The zero-order valence-electron chi connectivity index (χ0n) is 13.0. The van der Waals surface area contributed by atoms with Gasteiger partial charge >= 0.3 is 0 Å². The van der Waals surface area contributed by atoms with Crippen molar-refractivity contribution in [1.82, 2.24) is 4.57 Å². The number of hydrogen-bond donors (Lipinski definition) is 1. The Morgan fingerprint density at radius 2 is 1.91 bits per heavy atom. The molecule has 0 saturated heterocycles. The second-order valence-corrected chi connectivity index (χ2v) is 7.47. The number of aromatic nitrogens is 1. The highest BCUT2D eigenvalue weighted by molar-refractivity contribution is 7.90. The predicted molar refractivity (Wildman–Crippen MR) is 99.2 cm³/mol. The average molecular weight is 347 g/mol. The molecule has 23 heavy (non-hydrogen) atoms. The van der Waals surface area contributed by atoms with Crippen molar-refractivity contribution in [3.8, 4) is 11.1 Å². The molecule has 2 aromatic carbocycles. The SMILES string of the molecule is C[S+]([O-])CCn1c(CN)c(-c2ccccc2)c2cc(Cl)ccc21. The molecule has 0 saturated carbocycles. The minimum atomic E-state index is -0.847. The fourth-order valence-electron chi connectivity index (χ4n) is 2.99. The first-order valence-corrected chi connectivity index (χ1v) is 9.58. The maximum atomic E-state index is 11.5. The van der Waals surface area contributed by atoms with E-state index in [9.17, 15) is 4.55 Å². The minimum Gasteiger partial charge on any atom is -0.617 e. The van der Waals surface area contributed by atoms with E-state index in [0.29, 0.717) is 23.9 Å². The first kappa shape index (κ1) is 16.4. The molecule has 3 rings (SSSR count). The largest absolute Gasteiger partial charge is 0.617 e. The number of nitrogens with two attached hydrogens (primary N) is 1. The van der Waals surface area contributed by atoms with Crippen LogP contribution in [0.5, 0.6) is 0 Å². The summed E-state index contributed by atoms with van der Waals surface area (Å²) in [7, 11) is 0. The standard InChI is InChI=1S/C18H19ClN2OS/c1-23(22)10-9-21-16-8-7-14(19)11-15(16)18(17(21)12-20)13-5-3-2-4-6-13/h2-8,11H,9-10,12,20H2,1H3. The highest BCUT2D eigenvalue weighted by atomic mass is 35.5. The number of aryl methyl sites for hydroxylation is 1. The number of nitrogens with zero attached hydrogens (tertiary/aromatic N) is 1. The molecule has 0 aliphatic carbocycles. The third-order valence-corrected chi connectivity index (χ3v) is 4.98. The van der Waals surface area contributed by atoms with E-state index < -0.39 is 11.2 Å². The van der Waals surface area contributed by atoms with Gasteiger partial charge in [-0.05, 0) is 23.8 Å². The summed E-state index contributed by atoms with van der Waals surface area (Å²) >= 11 is 5.37. The molecule has 0 bridgehead atoms. The molecule has 1 unspecified atom stereocenters. The number of rotatable bonds is 5. The molecule has 3 nitrogen and oxygen atoms in total. The maximum absolute atomic E-state index is 11.5. The Morgan fingerprint density at radius 3 is 2.57 bits per heavy atom. The Labute approximate surface area is 144 Å². The molecule has 2 N–H and O–H groups in total. The zero-order chi connectivity index (χ0) is 16.4. The van der Waals surface area contributed by atoms with E-state index in [1.54, 1.807) is 6.26 Å². The smallest absolute Gasteiger partial charge is 0.123 e. The topological polar surface area (TPSA) is 54.0 Å². The van der Waals surface area contributed by atoms with Gasteiger partial charge < -0.3 is 14.9 Å². The molecule has 120 valence electrons. The van der Waals surface area contributed by atoms with Gasteiger partial charge in [0.1, 0.15) is 5.75 Å². The van der Waals surface area contributed by atoms with Crippen molar-refractivity contribution in [2.75, 3.05) is 12.0 Å². The third-order valence-electron chi connectivity index (χ3n) is 3.99. The summed E-state index contributed by atoms with van der Waals surface area (Å²) in [4.78, 5) is 0. The predicted octanol–water partition coefficient (Wildman–Crippen LogP) is 3.80. The van der Waals surface area contributed by atoms with Crippen molar-refractivity contribution in [2.45, 2.75) is 13.1 Å². The fraction of sp³-hybridized carbons (Fsp3) is 0.222. The van der Waals surface area contributed by atoms with Gasteiger partial charge in [0.2, 0.25) is 0 Å². The molecular weight excluding hydrogens is 328 g/mol. The lowest BCUT2D eigenvalue weighted by atomic mass is 10.0. The minimum absolute atomic E-state index is 0.423. The number of hydrogen-bond acceptors (Lipinski definition) is 2. The Balaban J connectivity index is 2.26. The van der Waals surface area contributed by atoms with Gasteiger partial charge in [-0.2, -0.15) is 0 Å². The summed E-state index contributed by atoms with van der Waals surface area (Å²) in [6.45, 7) is 1.10. The summed E-state index contributed by atoms with van der Waals surface area (Å²) in [5.74, 6) is 0.605. The van der Waals surface area contributed by atoms with Gasteiger partial charge in [0.15, 0.2) is 0 Å². The molecule has 1 atom stereocenters. The molecule has 0 aliphatic heterocycles. The van der Waals surface area contributed by atoms with Crippen LogP contribution in [-0.2, 0) is 24.3 Å². The Bertz CT molecular complexity index is 815. The van der Waals surface area contributed by atoms with Gasteiger partial charge in [0, 0.05) is 33.7 Å². The maximum Gasteiger partial charge on any atom is 0.123 e. The molecule has 0 spiro atoms. The number of fused-ring (bicyclic) bond motifs is 1. The van der Waals surface area contributed by atoms with Crippen molar-refractivity contribution < 1.29 is 4.55 Å². The van der Waals surface area contributed by atoms with E-state index in [1.165, 1.54) is 0 Å². The van der Waals surface area contributed by atoms with Crippen molar-refractivity contribution in [3.63, 3.8) is 0 Å². The molecule has 0 radical (unpaired) electrons. The van der Waals surface area contributed by atoms with Crippen LogP contribution >= 0.6 is 11.6 Å². The summed E-state index contributed by atoms with van der Waals surface area (Å²) < 4.78 is 13.7. The van der Waals surface area contributed by atoms with E-state index in [-0.39, 0.29) is 0 Å². The Kier molecular flexibility index (Phi) is 4.97.